The van der Waals surface area contributed by atoms with Crippen LogP contribution in [0.1, 0.15) is 18.0 Å². The van der Waals surface area contributed by atoms with Crippen LogP contribution >= 0.6 is 24.8 Å². The van der Waals surface area contributed by atoms with E-state index in [4.69, 9.17) is 4.74 Å². The summed E-state index contributed by atoms with van der Waals surface area (Å²) in [5, 5.41) is 3.14. The fourth-order valence-electron chi connectivity index (χ4n) is 2.38. The Labute approximate surface area is 140 Å². The Balaban J connectivity index is 0.00000220. The molecule has 1 aromatic heterocycles. The first-order chi connectivity index (χ1) is 9.49. The quantitative estimate of drug-likeness (QED) is 0.894. The average molecular weight is 362 g/mol. The standard InChI is InChI=1S/C13H18F3N3O.2ClH/c1-20-12-3-2-10(9-18-12)11(8-13(14,15)16)19-6-4-17-5-7-19;;/h2-3,9,11,17H,4-8H2,1H3;2*1H/t11-;;/m1../s1. The molecule has 0 unspecified atom stereocenters. The molecule has 9 heteroatoms. The lowest BCUT2D eigenvalue weighted by Gasteiger charge is -2.35. The van der Waals surface area contributed by atoms with Gasteiger partial charge in [-0.05, 0) is 5.56 Å². The summed E-state index contributed by atoms with van der Waals surface area (Å²) in [4.78, 5) is 5.87. The number of aromatic nitrogens is 1. The first-order valence-corrected chi connectivity index (χ1v) is 6.51. The molecule has 1 N–H and O–H groups in total. The van der Waals surface area contributed by atoms with Crippen LogP contribution in [0.4, 0.5) is 13.2 Å². The number of nitrogens with one attached hydrogen (secondary N) is 1. The van der Waals surface area contributed by atoms with E-state index in [1.54, 1.807) is 12.1 Å². The number of ether oxygens (including phenoxy) is 1. The van der Waals surface area contributed by atoms with E-state index >= 15 is 0 Å². The molecule has 0 bridgehead atoms. The van der Waals surface area contributed by atoms with Gasteiger partial charge in [0.25, 0.3) is 0 Å². The lowest BCUT2D eigenvalue weighted by molar-refractivity contribution is -0.148. The molecule has 1 aliphatic heterocycles. The monoisotopic (exact) mass is 361 g/mol. The van der Waals surface area contributed by atoms with Crippen molar-refractivity contribution >= 4 is 24.8 Å². The van der Waals surface area contributed by atoms with Crippen LogP contribution in [-0.2, 0) is 0 Å². The molecule has 22 heavy (non-hydrogen) atoms. The van der Waals surface area contributed by atoms with Crippen molar-refractivity contribution in [1.29, 1.82) is 0 Å². The van der Waals surface area contributed by atoms with Gasteiger partial charge in [0.1, 0.15) is 0 Å². The molecule has 0 radical (unpaired) electrons. The maximum Gasteiger partial charge on any atom is 0.390 e. The lowest BCUT2D eigenvalue weighted by atomic mass is 10.0. The molecule has 2 heterocycles. The predicted octanol–water partition coefficient (Wildman–Crippen LogP) is 2.83. The minimum absolute atomic E-state index is 0. The van der Waals surface area contributed by atoms with Gasteiger partial charge in [-0.2, -0.15) is 13.2 Å². The van der Waals surface area contributed by atoms with Gasteiger partial charge in [0.05, 0.1) is 13.5 Å². The Hall–Kier alpha value is -0.760. The van der Waals surface area contributed by atoms with Gasteiger partial charge >= 0.3 is 6.18 Å². The summed E-state index contributed by atoms with van der Waals surface area (Å²) in [6, 6.07) is 2.57. The summed E-state index contributed by atoms with van der Waals surface area (Å²) in [7, 11) is 1.48. The van der Waals surface area contributed by atoms with Crippen LogP contribution in [0.15, 0.2) is 18.3 Å². The summed E-state index contributed by atoms with van der Waals surface area (Å²) < 4.78 is 43.4. The highest BCUT2D eigenvalue weighted by atomic mass is 35.5. The Morgan fingerprint density at radius 1 is 1.27 bits per heavy atom. The van der Waals surface area contributed by atoms with Crippen LogP contribution in [0, 0.1) is 0 Å². The molecule has 1 fully saturated rings. The zero-order valence-electron chi connectivity index (χ0n) is 12.1. The van der Waals surface area contributed by atoms with Crippen LogP contribution in [0.5, 0.6) is 5.88 Å². The second-order valence-electron chi connectivity index (χ2n) is 4.75. The molecule has 1 saturated heterocycles. The van der Waals surface area contributed by atoms with Crippen molar-refractivity contribution in [2.75, 3.05) is 33.3 Å². The maximum atomic E-state index is 12.8. The number of pyridine rings is 1. The first kappa shape index (κ1) is 21.2. The summed E-state index contributed by atoms with van der Waals surface area (Å²) >= 11 is 0. The van der Waals surface area contributed by atoms with Crippen LogP contribution < -0.4 is 10.1 Å². The zero-order valence-corrected chi connectivity index (χ0v) is 13.7. The van der Waals surface area contributed by atoms with Gasteiger partial charge in [0.2, 0.25) is 5.88 Å². The molecule has 2 rings (SSSR count). The second-order valence-corrected chi connectivity index (χ2v) is 4.75. The maximum absolute atomic E-state index is 12.8. The van der Waals surface area contributed by atoms with Crippen LogP contribution in [-0.4, -0.2) is 49.3 Å². The van der Waals surface area contributed by atoms with E-state index in [0.717, 1.165) is 0 Å². The van der Waals surface area contributed by atoms with Crippen LogP contribution in [0.3, 0.4) is 0 Å². The highest BCUT2D eigenvalue weighted by Crippen LogP contribution is 2.34. The largest absolute Gasteiger partial charge is 0.481 e. The van der Waals surface area contributed by atoms with Crippen LogP contribution in [0.25, 0.3) is 0 Å². The molecule has 128 valence electrons. The normalized spacial score (nSPS) is 17.1. The number of hydrogen-bond acceptors (Lipinski definition) is 4. The van der Waals surface area contributed by atoms with Gasteiger partial charge in [0, 0.05) is 44.5 Å². The molecule has 4 nitrogen and oxygen atoms in total. The first-order valence-electron chi connectivity index (χ1n) is 6.51. The number of halogens is 5. The van der Waals surface area contributed by atoms with E-state index in [-0.39, 0.29) is 24.8 Å². The lowest BCUT2D eigenvalue weighted by Crippen LogP contribution is -2.46. The van der Waals surface area contributed by atoms with Gasteiger partial charge in [0.15, 0.2) is 0 Å². The minimum Gasteiger partial charge on any atom is -0.481 e. The fraction of sp³-hybridized carbons (Fsp3) is 0.615. The molecule has 0 spiro atoms. The number of alkyl halides is 3. The molecular formula is C13H20Cl2F3N3O. The Kier molecular flexibility index (Phi) is 9.07. The second kappa shape index (κ2) is 9.39. The van der Waals surface area contributed by atoms with E-state index in [0.29, 0.717) is 37.6 Å². The molecule has 0 aromatic carbocycles. The van der Waals surface area contributed by atoms with E-state index in [9.17, 15) is 13.2 Å². The van der Waals surface area contributed by atoms with Crippen molar-refractivity contribution in [3.8, 4) is 5.88 Å². The third-order valence-corrected chi connectivity index (χ3v) is 3.37. The molecule has 0 amide bonds. The van der Waals surface area contributed by atoms with E-state index < -0.39 is 18.6 Å². The number of methoxy groups -OCH3 is 1. The molecular weight excluding hydrogens is 342 g/mol. The Morgan fingerprint density at radius 3 is 2.36 bits per heavy atom. The van der Waals surface area contributed by atoms with Gasteiger partial charge in [-0.1, -0.05) is 6.07 Å². The number of rotatable bonds is 4. The van der Waals surface area contributed by atoms with Crippen molar-refractivity contribution in [2.45, 2.75) is 18.6 Å². The van der Waals surface area contributed by atoms with Crippen molar-refractivity contribution in [3.63, 3.8) is 0 Å². The molecule has 0 aliphatic carbocycles. The number of nitrogens with zero attached hydrogens (tertiary/aromatic N) is 2. The minimum atomic E-state index is -4.20. The smallest absolute Gasteiger partial charge is 0.390 e. The third-order valence-electron chi connectivity index (χ3n) is 3.37. The van der Waals surface area contributed by atoms with Gasteiger partial charge in [-0.15, -0.1) is 24.8 Å². The van der Waals surface area contributed by atoms with Crippen molar-refractivity contribution in [3.05, 3.63) is 23.9 Å². The molecule has 1 atom stereocenters. The Morgan fingerprint density at radius 2 is 1.91 bits per heavy atom. The van der Waals surface area contributed by atoms with Crippen molar-refractivity contribution < 1.29 is 17.9 Å². The van der Waals surface area contributed by atoms with E-state index in [1.807, 2.05) is 4.90 Å². The highest BCUT2D eigenvalue weighted by molar-refractivity contribution is 5.85. The summed E-state index contributed by atoms with van der Waals surface area (Å²) in [6.45, 7) is 2.62. The fourth-order valence-corrected chi connectivity index (χ4v) is 2.38. The highest BCUT2D eigenvalue weighted by Gasteiger charge is 2.36. The number of piperazine rings is 1. The van der Waals surface area contributed by atoms with Crippen LogP contribution in [0.2, 0.25) is 0 Å². The summed E-state index contributed by atoms with van der Waals surface area (Å²) in [5.74, 6) is 0.403. The van der Waals surface area contributed by atoms with E-state index in [1.165, 1.54) is 13.3 Å². The molecule has 1 aromatic rings. The topological polar surface area (TPSA) is 37.4 Å². The number of hydrogen-bond donors (Lipinski definition) is 1. The summed E-state index contributed by atoms with van der Waals surface area (Å²) in [5.41, 5.74) is 0.574. The summed E-state index contributed by atoms with van der Waals surface area (Å²) in [6.07, 6.45) is -3.59. The predicted molar refractivity (Wildman–Crippen MR) is 83.1 cm³/mol. The SMILES string of the molecule is COc1ccc([C@@H](CC(F)(F)F)N2CCNCC2)cn1.Cl.Cl. The van der Waals surface area contributed by atoms with Gasteiger partial charge < -0.3 is 10.1 Å². The molecule has 1 aliphatic rings. The Bertz CT molecular complexity index is 426. The van der Waals surface area contributed by atoms with Crippen molar-refractivity contribution in [1.82, 2.24) is 15.2 Å². The van der Waals surface area contributed by atoms with Crippen molar-refractivity contribution in [2.24, 2.45) is 0 Å². The average Bonchev–Trinajstić information content (AvgIpc) is 2.45. The molecule has 0 saturated carbocycles. The van der Waals surface area contributed by atoms with E-state index in [2.05, 4.69) is 10.3 Å². The van der Waals surface area contributed by atoms with Gasteiger partial charge in [-0.3, -0.25) is 4.90 Å². The van der Waals surface area contributed by atoms with Gasteiger partial charge in [-0.25, -0.2) is 4.98 Å². The zero-order chi connectivity index (χ0) is 14.6. The third kappa shape index (κ3) is 6.16.